The summed E-state index contributed by atoms with van der Waals surface area (Å²) in [7, 11) is 0. The molecule has 2 aromatic rings. The van der Waals surface area contributed by atoms with E-state index in [9.17, 15) is 4.39 Å². The summed E-state index contributed by atoms with van der Waals surface area (Å²) in [5.41, 5.74) is 2.67. The summed E-state index contributed by atoms with van der Waals surface area (Å²) in [6.45, 7) is 2.98. The third-order valence-electron chi connectivity index (χ3n) is 3.41. The topological polar surface area (TPSA) is 24.9 Å². The van der Waals surface area contributed by atoms with Crippen molar-refractivity contribution in [2.45, 2.75) is 32.1 Å². The zero-order chi connectivity index (χ0) is 13.4. The van der Waals surface area contributed by atoms with Crippen molar-refractivity contribution in [1.82, 2.24) is 4.98 Å². The van der Waals surface area contributed by atoms with Gasteiger partial charge >= 0.3 is 0 Å². The number of halogens is 2. The summed E-state index contributed by atoms with van der Waals surface area (Å²) in [4.78, 5) is 4.56. The molecule has 1 heterocycles. The van der Waals surface area contributed by atoms with Gasteiger partial charge in [0.1, 0.15) is 5.82 Å². The van der Waals surface area contributed by atoms with E-state index in [0.717, 1.165) is 29.7 Å². The maximum Gasteiger partial charge on any atom is 0.126 e. The minimum atomic E-state index is -0.334. The fraction of sp³-hybridized carbons (Fsp3) is 0.400. The molecule has 2 nitrogen and oxygen atoms in total. The Hall–Kier alpha value is -1.35. The van der Waals surface area contributed by atoms with Crippen LogP contribution >= 0.6 is 11.6 Å². The Bertz CT molecular complexity index is 623. The smallest absolute Gasteiger partial charge is 0.126 e. The van der Waals surface area contributed by atoms with Crippen LogP contribution < -0.4 is 5.32 Å². The third kappa shape index (κ3) is 2.52. The Morgan fingerprint density at radius 1 is 1.37 bits per heavy atom. The molecule has 0 radical (unpaired) electrons. The van der Waals surface area contributed by atoms with Crippen LogP contribution in [0.4, 0.5) is 10.1 Å². The predicted octanol–water partition coefficient (Wildman–Crippen LogP) is 4.73. The summed E-state index contributed by atoms with van der Waals surface area (Å²) in [5, 5.41) is 4.61. The summed E-state index contributed by atoms with van der Waals surface area (Å²) in [6, 6.07) is 4.88. The second-order valence-electron chi connectivity index (χ2n) is 5.08. The number of benzene rings is 1. The van der Waals surface area contributed by atoms with Gasteiger partial charge in [-0.15, -0.1) is 0 Å². The quantitative estimate of drug-likeness (QED) is 0.875. The normalized spacial score (nSPS) is 14.9. The molecule has 1 aliphatic carbocycles. The summed E-state index contributed by atoms with van der Waals surface area (Å²) in [5.74, 6) is 0.202. The zero-order valence-electron chi connectivity index (χ0n) is 10.8. The molecule has 4 heteroatoms. The Balaban J connectivity index is 2.17. The minimum absolute atomic E-state index is 0.334. The molecule has 1 fully saturated rings. The lowest BCUT2D eigenvalue weighted by Crippen LogP contribution is -2.03. The van der Waals surface area contributed by atoms with Gasteiger partial charge in [-0.1, -0.05) is 18.5 Å². The number of aromatic nitrogens is 1. The van der Waals surface area contributed by atoms with Gasteiger partial charge in [0.25, 0.3) is 0 Å². The van der Waals surface area contributed by atoms with Crippen molar-refractivity contribution in [2.24, 2.45) is 0 Å². The lowest BCUT2D eigenvalue weighted by Gasteiger charge is -2.12. The van der Waals surface area contributed by atoms with Crippen LogP contribution in [0.3, 0.4) is 0 Å². The fourth-order valence-electron chi connectivity index (χ4n) is 2.29. The van der Waals surface area contributed by atoms with Gasteiger partial charge in [-0.3, -0.25) is 4.98 Å². The predicted molar refractivity (Wildman–Crippen MR) is 77.5 cm³/mol. The van der Waals surface area contributed by atoms with Gasteiger partial charge < -0.3 is 5.32 Å². The molecule has 0 saturated heterocycles. The van der Waals surface area contributed by atoms with Crippen LogP contribution in [0.25, 0.3) is 10.9 Å². The largest absolute Gasteiger partial charge is 0.384 e. The summed E-state index contributed by atoms with van der Waals surface area (Å²) in [6.07, 6.45) is 3.38. The second kappa shape index (κ2) is 4.97. The van der Waals surface area contributed by atoms with Crippen LogP contribution in [0.5, 0.6) is 0 Å². The van der Waals surface area contributed by atoms with Gasteiger partial charge in [0, 0.05) is 35.3 Å². The molecule has 0 spiro atoms. The van der Waals surface area contributed by atoms with Crippen molar-refractivity contribution >= 4 is 28.2 Å². The summed E-state index contributed by atoms with van der Waals surface area (Å²) >= 11 is 6.17. The lowest BCUT2D eigenvalue weighted by molar-refractivity contribution is 0.629. The first kappa shape index (κ1) is 12.7. The highest BCUT2D eigenvalue weighted by Crippen LogP contribution is 2.42. The molecule has 1 saturated carbocycles. The second-order valence-corrected chi connectivity index (χ2v) is 5.48. The highest BCUT2D eigenvalue weighted by Gasteiger charge is 2.26. The highest BCUT2D eigenvalue weighted by molar-refractivity contribution is 6.36. The molecule has 0 unspecified atom stereocenters. The number of pyridine rings is 1. The lowest BCUT2D eigenvalue weighted by atomic mass is 10.1. The van der Waals surface area contributed by atoms with E-state index in [-0.39, 0.29) is 5.82 Å². The first-order chi connectivity index (χ1) is 9.19. The molecule has 1 aromatic heterocycles. The van der Waals surface area contributed by atoms with Crippen LogP contribution in [0.15, 0.2) is 18.2 Å². The Morgan fingerprint density at radius 3 is 2.84 bits per heavy atom. The molecule has 1 aliphatic rings. The van der Waals surface area contributed by atoms with Crippen LogP contribution in [-0.2, 0) is 0 Å². The van der Waals surface area contributed by atoms with E-state index in [2.05, 4.69) is 23.3 Å². The fourth-order valence-corrected chi connectivity index (χ4v) is 2.60. The Labute approximate surface area is 117 Å². The number of fused-ring (bicyclic) bond motifs is 1. The molecule has 1 aromatic carbocycles. The van der Waals surface area contributed by atoms with Crippen LogP contribution in [0.1, 0.15) is 37.8 Å². The molecule has 1 N–H and O–H groups in total. The average Bonchev–Trinajstić information content (AvgIpc) is 3.18. The van der Waals surface area contributed by atoms with E-state index >= 15 is 0 Å². The van der Waals surface area contributed by atoms with E-state index in [0.29, 0.717) is 16.5 Å². The first-order valence-corrected chi connectivity index (χ1v) is 7.10. The van der Waals surface area contributed by atoms with Crippen molar-refractivity contribution in [2.75, 3.05) is 11.9 Å². The first-order valence-electron chi connectivity index (χ1n) is 6.72. The SMILES string of the molecule is CCCNc1cc(C2CC2)nc2cc(F)cc(Cl)c12. The molecule has 3 rings (SSSR count). The molecule has 100 valence electrons. The number of nitrogens with zero attached hydrogens (tertiary/aromatic N) is 1. The van der Waals surface area contributed by atoms with Gasteiger partial charge in [0.15, 0.2) is 0 Å². The van der Waals surface area contributed by atoms with Gasteiger partial charge in [-0.25, -0.2) is 4.39 Å². The maximum atomic E-state index is 13.5. The standard InChI is InChI=1S/C15H16ClFN2/c1-2-5-18-13-8-12(9-3-4-9)19-14-7-10(17)6-11(16)15(13)14/h6-9H,2-5H2,1H3,(H,18,19). The van der Waals surface area contributed by atoms with E-state index < -0.39 is 0 Å². The third-order valence-corrected chi connectivity index (χ3v) is 3.70. The number of hydrogen-bond acceptors (Lipinski definition) is 2. The molecule has 0 aliphatic heterocycles. The van der Waals surface area contributed by atoms with E-state index in [1.807, 2.05) is 0 Å². The molecular formula is C15H16ClFN2. The van der Waals surface area contributed by atoms with Crippen LogP contribution in [0, 0.1) is 5.82 Å². The van der Waals surface area contributed by atoms with Gasteiger partial charge in [0.2, 0.25) is 0 Å². The molecule has 0 bridgehead atoms. The minimum Gasteiger partial charge on any atom is -0.384 e. The zero-order valence-corrected chi connectivity index (χ0v) is 11.6. The van der Waals surface area contributed by atoms with Crippen molar-refractivity contribution in [1.29, 1.82) is 0 Å². The van der Waals surface area contributed by atoms with Crippen molar-refractivity contribution in [3.8, 4) is 0 Å². The molecule has 19 heavy (non-hydrogen) atoms. The Morgan fingerprint density at radius 2 is 2.16 bits per heavy atom. The van der Waals surface area contributed by atoms with E-state index in [1.165, 1.54) is 25.0 Å². The van der Waals surface area contributed by atoms with Gasteiger partial charge in [-0.05, 0) is 31.4 Å². The monoisotopic (exact) mass is 278 g/mol. The van der Waals surface area contributed by atoms with Crippen molar-refractivity contribution in [3.63, 3.8) is 0 Å². The number of rotatable bonds is 4. The average molecular weight is 279 g/mol. The summed E-state index contributed by atoms with van der Waals surface area (Å²) < 4.78 is 13.5. The highest BCUT2D eigenvalue weighted by atomic mass is 35.5. The van der Waals surface area contributed by atoms with E-state index in [1.54, 1.807) is 0 Å². The van der Waals surface area contributed by atoms with Gasteiger partial charge in [0.05, 0.1) is 10.5 Å². The molecule has 0 atom stereocenters. The van der Waals surface area contributed by atoms with Gasteiger partial charge in [-0.2, -0.15) is 0 Å². The van der Waals surface area contributed by atoms with Crippen molar-refractivity contribution < 1.29 is 4.39 Å². The van der Waals surface area contributed by atoms with E-state index in [4.69, 9.17) is 11.6 Å². The maximum absolute atomic E-state index is 13.5. The van der Waals surface area contributed by atoms with Crippen LogP contribution in [-0.4, -0.2) is 11.5 Å². The van der Waals surface area contributed by atoms with Crippen LogP contribution in [0.2, 0.25) is 5.02 Å². The molecule has 0 amide bonds. The number of hydrogen-bond donors (Lipinski definition) is 1. The number of nitrogens with one attached hydrogen (secondary N) is 1. The molecular weight excluding hydrogens is 263 g/mol. The van der Waals surface area contributed by atoms with Crippen molar-refractivity contribution in [3.05, 3.63) is 34.7 Å². The Kier molecular flexibility index (Phi) is 3.31. The number of anilines is 1.